The average Bonchev–Trinajstić information content (AvgIpc) is 3.03. The summed E-state index contributed by atoms with van der Waals surface area (Å²) in [6.07, 6.45) is 3.88. The van der Waals surface area contributed by atoms with Crippen molar-refractivity contribution in [2.24, 2.45) is 0 Å². The van der Waals surface area contributed by atoms with Gasteiger partial charge in [0.15, 0.2) is 0 Å². The van der Waals surface area contributed by atoms with Crippen LogP contribution in [0.15, 0.2) is 24.5 Å². The molecule has 3 heterocycles. The molecule has 108 valence electrons. The zero-order chi connectivity index (χ0) is 14.7. The van der Waals surface area contributed by atoms with Gasteiger partial charge in [0.1, 0.15) is 29.7 Å². The molecule has 0 radical (unpaired) electrons. The molecule has 1 fully saturated rings. The van der Waals surface area contributed by atoms with Crippen molar-refractivity contribution in [3.05, 3.63) is 36.0 Å². The molecule has 21 heavy (non-hydrogen) atoms. The van der Waals surface area contributed by atoms with E-state index >= 15 is 0 Å². The number of rotatable bonds is 3. The number of hydrogen-bond acceptors (Lipinski definition) is 5. The van der Waals surface area contributed by atoms with Crippen LogP contribution in [0.5, 0.6) is 0 Å². The fourth-order valence-electron chi connectivity index (χ4n) is 2.85. The molecule has 3 rings (SSSR count). The summed E-state index contributed by atoms with van der Waals surface area (Å²) in [5, 5.41) is 17.2. The first-order valence-corrected chi connectivity index (χ1v) is 7.31. The third-order valence-corrected chi connectivity index (χ3v) is 4.02. The van der Waals surface area contributed by atoms with Crippen LogP contribution in [-0.4, -0.2) is 32.8 Å². The van der Waals surface area contributed by atoms with E-state index in [0.29, 0.717) is 11.6 Å². The van der Waals surface area contributed by atoms with Gasteiger partial charge in [0.05, 0.1) is 0 Å². The number of aromatic nitrogens is 4. The van der Waals surface area contributed by atoms with Crippen LogP contribution in [0.4, 0.5) is 5.82 Å². The molecule has 6 heteroatoms. The van der Waals surface area contributed by atoms with Crippen molar-refractivity contribution in [2.75, 3.05) is 18.0 Å². The number of pyridine rings is 1. The first-order chi connectivity index (χ1) is 10.3. The quantitative estimate of drug-likeness (QED) is 0.860. The largest absolute Gasteiger partial charge is 0.357 e. The van der Waals surface area contributed by atoms with Gasteiger partial charge in [0, 0.05) is 25.6 Å². The van der Waals surface area contributed by atoms with Crippen molar-refractivity contribution in [1.82, 2.24) is 19.7 Å². The summed E-state index contributed by atoms with van der Waals surface area (Å²) >= 11 is 0. The van der Waals surface area contributed by atoms with Crippen LogP contribution in [0, 0.1) is 11.3 Å². The lowest BCUT2D eigenvalue weighted by Crippen LogP contribution is -2.34. The Bertz CT molecular complexity index is 648. The highest BCUT2D eigenvalue weighted by molar-refractivity contribution is 5.42. The van der Waals surface area contributed by atoms with Crippen LogP contribution < -0.4 is 4.90 Å². The molecule has 0 aromatic carbocycles. The van der Waals surface area contributed by atoms with Gasteiger partial charge in [0.25, 0.3) is 0 Å². The third-order valence-electron chi connectivity index (χ3n) is 4.02. The molecular formula is C15H18N6. The lowest BCUT2D eigenvalue weighted by molar-refractivity contribution is 0.465. The van der Waals surface area contributed by atoms with Gasteiger partial charge in [-0.2, -0.15) is 5.26 Å². The summed E-state index contributed by atoms with van der Waals surface area (Å²) in [4.78, 5) is 6.61. The summed E-state index contributed by atoms with van der Waals surface area (Å²) in [6.45, 7) is 4.89. The summed E-state index contributed by atoms with van der Waals surface area (Å²) < 4.78 is 2.12. The topological polar surface area (TPSA) is 70.6 Å². The Morgan fingerprint density at radius 3 is 2.86 bits per heavy atom. The molecule has 1 aliphatic heterocycles. The van der Waals surface area contributed by atoms with Crippen LogP contribution >= 0.6 is 0 Å². The monoisotopic (exact) mass is 282 g/mol. The summed E-state index contributed by atoms with van der Waals surface area (Å²) in [5.41, 5.74) is 0.473. The SMILES string of the molecule is CCn1cnnc1C1CCN(c2cccc(C#N)n2)CC1. The van der Waals surface area contributed by atoms with Gasteiger partial charge in [-0.05, 0) is 31.9 Å². The van der Waals surface area contributed by atoms with Crippen molar-refractivity contribution < 1.29 is 0 Å². The first kappa shape index (κ1) is 13.6. The van der Waals surface area contributed by atoms with Gasteiger partial charge in [0.2, 0.25) is 0 Å². The maximum Gasteiger partial charge on any atom is 0.142 e. The third kappa shape index (κ3) is 2.72. The van der Waals surface area contributed by atoms with E-state index in [1.807, 2.05) is 12.1 Å². The second-order valence-electron chi connectivity index (χ2n) is 5.23. The molecule has 0 aliphatic carbocycles. The van der Waals surface area contributed by atoms with Gasteiger partial charge in [-0.25, -0.2) is 4.98 Å². The number of hydrogen-bond donors (Lipinski definition) is 0. The summed E-state index contributed by atoms with van der Waals surface area (Å²) in [5.74, 6) is 2.45. The average molecular weight is 282 g/mol. The number of aryl methyl sites for hydroxylation is 1. The van der Waals surface area contributed by atoms with E-state index in [1.54, 1.807) is 12.4 Å². The highest BCUT2D eigenvalue weighted by Crippen LogP contribution is 2.28. The van der Waals surface area contributed by atoms with Crippen LogP contribution in [-0.2, 0) is 6.54 Å². The summed E-state index contributed by atoms with van der Waals surface area (Å²) in [6, 6.07) is 7.69. The fourth-order valence-corrected chi connectivity index (χ4v) is 2.85. The van der Waals surface area contributed by atoms with Crippen molar-refractivity contribution in [1.29, 1.82) is 5.26 Å². The molecule has 0 N–H and O–H groups in total. The predicted molar refractivity (Wildman–Crippen MR) is 78.8 cm³/mol. The van der Waals surface area contributed by atoms with Gasteiger partial charge < -0.3 is 9.47 Å². The standard InChI is InChI=1S/C15H18N6/c1-2-20-11-17-19-15(20)12-6-8-21(9-7-12)14-5-3-4-13(10-16)18-14/h3-5,11-12H,2,6-9H2,1H3. The predicted octanol–water partition coefficient (Wildman–Crippen LogP) is 1.95. The number of nitriles is 1. The fraction of sp³-hybridized carbons (Fsp3) is 0.467. The minimum atomic E-state index is 0.461. The van der Waals surface area contributed by atoms with E-state index in [2.05, 4.69) is 37.6 Å². The van der Waals surface area contributed by atoms with Crippen molar-refractivity contribution in [3.63, 3.8) is 0 Å². The van der Waals surface area contributed by atoms with Gasteiger partial charge in [-0.3, -0.25) is 0 Å². The Hall–Kier alpha value is -2.42. The molecule has 0 amide bonds. The number of anilines is 1. The Kier molecular flexibility index (Phi) is 3.82. The van der Waals surface area contributed by atoms with Crippen LogP contribution in [0.2, 0.25) is 0 Å². The van der Waals surface area contributed by atoms with E-state index in [1.165, 1.54) is 0 Å². The Labute approximate surface area is 124 Å². The Morgan fingerprint density at radius 2 is 2.14 bits per heavy atom. The van der Waals surface area contributed by atoms with E-state index in [0.717, 1.165) is 44.1 Å². The maximum absolute atomic E-state index is 8.94. The molecule has 1 aliphatic rings. The molecule has 0 atom stereocenters. The molecule has 0 saturated carbocycles. The van der Waals surface area contributed by atoms with E-state index in [4.69, 9.17) is 5.26 Å². The summed E-state index contributed by atoms with van der Waals surface area (Å²) in [7, 11) is 0. The first-order valence-electron chi connectivity index (χ1n) is 7.31. The van der Waals surface area contributed by atoms with Gasteiger partial charge >= 0.3 is 0 Å². The highest BCUT2D eigenvalue weighted by Gasteiger charge is 2.24. The minimum absolute atomic E-state index is 0.461. The molecule has 1 saturated heterocycles. The van der Waals surface area contributed by atoms with E-state index in [-0.39, 0.29) is 0 Å². The van der Waals surface area contributed by atoms with E-state index < -0.39 is 0 Å². The van der Waals surface area contributed by atoms with Crippen LogP contribution in [0.25, 0.3) is 0 Å². The van der Waals surface area contributed by atoms with Crippen molar-refractivity contribution >= 4 is 5.82 Å². The van der Waals surface area contributed by atoms with Crippen molar-refractivity contribution in [2.45, 2.75) is 32.2 Å². The van der Waals surface area contributed by atoms with Crippen LogP contribution in [0.3, 0.4) is 0 Å². The zero-order valence-electron chi connectivity index (χ0n) is 12.1. The van der Waals surface area contributed by atoms with Crippen LogP contribution in [0.1, 0.15) is 37.2 Å². The molecule has 0 bridgehead atoms. The lowest BCUT2D eigenvalue weighted by atomic mass is 9.96. The minimum Gasteiger partial charge on any atom is -0.357 e. The Morgan fingerprint density at radius 1 is 1.33 bits per heavy atom. The maximum atomic E-state index is 8.94. The number of nitrogens with zero attached hydrogens (tertiary/aromatic N) is 6. The molecule has 6 nitrogen and oxygen atoms in total. The smallest absolute Gasteiger partial charge is 0.142 e. The molecule has 0 spiro atoms. The second kappa shape index (κ2) is 5.92. The van der Waals surface area contributed by atoms with E-state index in [9.17, 15) is 0 Å². The molecular weight excluding hydrogens is 264 g/mol. The second-order valence-corrected chi connectivity index (χ2v) is 5.23. The lowest BCUT2D eigenvalue weighted by Gasteiger charge is -2.32. The van der Waals surface area contributed by atoms with Gasteiger partial charge in [-0.1, -0.05) is 6.07 Å². The molecule has 2 aromatic heterocycles. The number of piperidine rings is 1. The highest BCUT2D eigenvalue weighted by atomic mass is 15.3. The van der Waals surface area contributed by atoms with Crippen molar-refractivity contribution in [3.8, 4) is 6.07 Å². The zero-order valence-corrected chi connectivity index (χ0v) is 12.1. The van der Waals surface area contributed by atoms with Gasteiger partial charge in [-0.15, -0.1) is 10.2 Å². The molecule has 0 unspecified atom stereocenters. The molecule has 2 aromatic rings. The normalized spacial score (nSPS) is 15.9. The Balaban J connectivity index is 1.69.